The van der Waals surface area contributed by atoms with Crippen molar-refractivity contribution in [3.05, 3.63) is 18.2 Å². The van der Waals surface area contributed by atoms with Crippen molar-refractivity contribution in [1.82, 2.24) is 15.0 Å². The number of carboxylic acid groups (broad SMARTS) is 1. The third-order valence-electron chi connectivity index (χ3n) is 5.15. The first-order chi connectivity index (χ1) is 14.1. The summed E-state index contributed by atoms with van der Waals surface area (Å²) >= 11 is 0. The zero-order chi connectivity index (χ0) is 21.9. The number of carboxylic acids is 1. The van der Waals surface area contributed by atoms with Gasteiger partial charge >= 0.3 is 12.1 Å². The van der Waals surface area contributed by atoms with Gasteiger partial charge in [0.25, 0.3) is 5.91 Å². The number of carbonyl (C=O) groups is 2. The predicted octanol–water partition coefficient (Wildman–Crippen LogP) is 1.40. The minimum absolute atomic E-state index is 0.00990. The lowest BCUT2D eigenvalue weighted by atomic mass is 9.75. The van der Waals surface area contributed by atoms with E-state index in [4.69, 9.17) is 19.5 Å². The maximum Gasteiger partial charge on any atom is 0.490 e. The van der Waals surface area contributed by atoms with E-state index in [0.29, 0.717) is 45.2 Å². The highest BCUT2D eigenvalue weighted by atomic mass is 19.4. The van der Waals surface area contributed by atoms with Crippen LogP contribution in [0.4, 0.5) is 23.5 Å². The number of carbonyl (C=O) groups excluding carboxylic acids is 1. The molecule has 3 fully saturated rings. The molecular weight excluding hydrogens is 416 g/mol. The number of anilines is 1. The second-order valence-electron chi connectivity index (χ2n) is 7.07. The van der Waals surface area contributed by atoms with Crippen LogP contribution in [-0.2, 0) is 19.2 Å². The SMILES string of the molecule is O=C(N1CCCO1)[C@@]12CCO[C@@H]1CCN(c1ncc(F)cn1)C2.O=C(O)C(F)(F)F. The number of hydroxylamine groups is 2. The topological polar surface area (TPSA) is 105 Å². The van der Waals surface area contributed by atoms with Crippen LogP contribution in [0.1, 0.15) is 19.3 Å². The molecule has 4 heterocycles. The van der Waals surface area contributed by atoms with Crippen LogP contribution in [0.2, 0.25) is 0 Å². The van der Waals surface area contributed by atoms with Crippen LogP contribution in [0.5, 0.6) is 0 Å². The van der Waals surface area contributed by atoms with E-state index in [1.807, 2.05) is 4.90 Å². The zero-order valence-electron chi connectivity index (χ0n) is 15.8. The number of piperidine rings is 1. The van der Waals surface area contributed by atoms with Crippen LogP contribution >= 0.6 is 0 Å². The quantitative estimate of drug-likeness (QED) is 0.694. The summed E-state index contributed by atoms with van der Waals surface area (Å²) in [5.74, 6) is -2.79. The van der Waals surface area contributed by atoms with E-state index in [9.17, 15) is 22.4 Å². The summed E-state index contributed by atoms with van der Waals surface area (Å²) in [4.78, 5) is 37.4. The molecule has 1 N–H and O–H groups in total. The average Bonchev–Trinajstić information content (AvgIpc) is 3.37. The van der Waals surface area contributed by atoms with Gasteiger partial charge in [0.1, 0.15) is 0 Å². The molecule has 3 aliphatic heterocycles. The first-order valence-corrected chi connectivity index (χ1v) is 9.22. The van der Waals surface area contributed by atoms with Gasteiger partial charge in [-0.25, -0.2) is 24.2 Å². The Morgan fingerprint density at radius 1 is 1.20 bits per heavy atom. The fraction of sp³-hybridized carbons (Fsp3) is 0.647. The van der Waals surface area contributed by atoms with Gasteiger partial charge in [-0.05, 0) is 19.3 Å². The van der Waals surface area contributed by atoms with E-state index in [0.717, 1.165) is 25.2 Å². The minimum atomic E-state index is -5.08. The van der Waals surface area contributed by atoms with Crippen LogP contribution in [0.3, 0.4) is 0 Å². The van der Waals surface area contributed by atoms with E-state index in [1.54, 1.807) is 0 Å². The van der Waals surface area contributed by atoms with Gasteiger partial charge in [0.2, 0.25) is 5.95 Å². The number of aliphatic carboxylic acids is 1. The van der Waals surface area contributed by atoms with Gasteiger partial charge < -0.3 is 14.7 Å². The Kier molecular flexibility index (Phi) is 6.41. The number of alkyl halides is 3. The first kappa shape index (κ1) is 22.2. The lowest BCUT2D eigenvalue weighted by Gasteiger charge is -2.43. The normalized spacial score (nSPS) is 26.1. The summed E-state index contributed by atoms with van der Waals surface area (Å²) in [7, 11) is 0. The molecule has 0 aliphatic carbocycles. The number of halogens is 4. The van der Waals surface area contributed by atoms with E-state index >= 15 is 0 Å². The molecule has 1 aromatic heterocycles. The molecule has 0 saturated carbocycles. The Morgan fingerprint density at radius 2 is 1.87 bits per heavy atom. The lowest BCUT2D eigenvalue weighted by Crippen LogP contribution is -2.57. The van der Waals surface area contributed by atoms with Gasteiger partial charge in [0.05, 0.1) is 37.1 Å². The molecule has 0 spiro atoms. The Labute approximate surface area is 168 Å². The van der Waals surface area contributed by atoms with Gasteiger partial charge in [-0.3, -0.25) is 9.63 Å². The summed E-state index contributed by atoms with van der Waals surface area (Å²) in [6.45, 7) is 2.94. The standard InChI is InChI=1S/C15H19FN4O3.C2HF3O2/c16-11-8-17-14(18-9-11)19-5-2-12-15(10-19,3-7-22-12)13(21)20-4-1-6-23-20;3-2(4,5)1(6)7/h8-9,12H,1-7,10H2;(H,6,7)/t12-,15-;/m1./s1. The molecule has 0 bridgehead atoms. The van der Waals surface area contributed by atoms with Gasteiger partial charge in [-0.15, -0.1) is 0 Å². The van der Waals surface area contributed by atoms with Gasteiger partial charge in [0.15, 0.2) is 5.82 Å². The number of aromatic nitrogens is 2. The smallest absolute Gasteiger partial charge is 0.475 e. The fourth-order valence-electron chi connectivity index (χ4n) is 3.74. The van der Waals surface area contributed by atoms with Crippen molar-refractivity contribution in [2.45, 2.75) is 31.5 Å². The number of amides is 1. The fourth-order valence-corrected chi connectivity index (χ4v) is 3.74. The molecule has 0 radical (unpaired) electrons. The molecule has 9 nitrogen and oxygen atoms in total. The number of hydrogen-bond acceptors (Lipinski definition) is 7. The third kappa shape index (κ3) is 4.61. The van der Waals surface area contributed by atoms with Crippen molar-refractivity contribution < 1.29 is 41.8 Å². The summed E-state index contributed by atoms with van der Waals surface area (Å²) in [6, 6.07) is 0. The molecule has 1 aromatic rings. The molecule has 1 amide bonds. The lowest BCUT2D eigenvalue weighted by molar-refractivity contribution is -0.192. The molecule has 0 unspecified atom stereocenters. The molecule has 3 aliphatic rings. The van der Waals surface area contributed by atoms with Crippen molar-refractivity contribution in [1.29, 1.82) is 0 Å². The molecule has 2 atom stereocenters. The highest BCUT2D eigenvalue weighted by Gasteiger charge is 2.55. The van der Waals surface area contributed by atoms with Crippen molar-refractivity contribution in [3.63, 3.8) is 0 Å². The van der Waals surface area contributed by atoms with Crippen molar-refractivity contribution in [2.24, 2.45) is 5.41 Å². The summed E-state index contributed by atoms with van der Waals surface area (Å²) < 4.78 is 50.6. The van der Waals surface area contributed by atoms with Gasteiger partial charge in [-0.1, -0.05) is 0 Å². The van der Waals surface area contributed by atoms with Crippen molar-refractivity contribution >= 4 is 17.8 Å². The maximum absolute atomic E-state index is 13.0. The molecule has 4 rings (SSSR count). The minimum Gasteiger partial charge on any atom is -0.475 e. The van der Waals surface area contributed by atoms with Crippen LogP contribution in [-0.4, -0.2) is 77.1 Å². The van der Waals surface area contributed by atoms with Crippen LogP contribution in [0.25, 0.3) is 0 Å². The number of fused-ring (bicyclic) bond motifs is 1. The molecule has 166 valence electrons. The van der Waals surface area contributed by atoms with E-state index in [1.165, 1.54) is 5.06 Å². The summed E-state index contributed by atoms with van der Waals surface area (Å²) in [6.07, 6.45) is -0.641. The van der Waals surface area contributed by atoms with Crippen molar-refractivity contribution in [3.8, 4) is 0 Å². The predicted molar refractivity (Wildman–Crippen MR) is 91.6 cm³/mol. The van der Waals surface area contributed by atoms with Gasteiger partial charge in [-0.2, -0.15) is 13.2 Å². The largest absolute Gasteiger partial charge is 0.490 e. The van der Waals surface area contributed by atoms with Crippen LogP contribution < -0.4 is 4.90 Å². The Hall–Kier alpha value is -2.54. The van der Waals surface area contributed by atoms with Crippen LogP contribution in [0.15, 0.2) is 12.4 Å². The monoisotopic (exact) mass is 436 g/mol. The molecule has 3 saturated heterocycles. The Balaban J connectivity index is 0.000000318. The molecule has 30 heavy (non-hydrogen) atoms. The van der Waals surface area contributed by atoms with Gasteiger partial charge in [0, 0.05) is 19.7 Å². The number of rotatable bonds is 2. The second kappa shape index (κ2) is 8.68. The highest BCUT2D eigenvalue weighted by Crippen LogP contribution is 2.43. The van der Waals surface area contributed by atoms with Crippen LogP contribution in [0, 0.1) is 11.2 Å². The maximum atomic E-state index is 13.0. The van der Waals surface area contributed by atoms with Crippen molar-refractivity contribution in [2.75, 3.05) is 37.7 Å². The molecule has 13 heteroatoms. The van der Waals surface area contributed by atoms with E-state index in [2.05, 4.69) is 9.97 Å². The summed E-state index contributed by atoms with van der Waals surface area (Å²) in [5.41, 5.74) is -0.625. The first-order valence-electron chi connectivity index (χ1n) is 9.22. The highest BCUT2D eigenvalue weighted by molar-refractivity contribution is 5.84. The van der Waals surface area contributed by atoms with E-state index in [-0.39, 0.29) is 12.0 Å². The Bertz CT molecular complexity index is 772. The van der Waals surface area contributed by atoms with E-state index < -0.39 is 23.4 Å². The number of ether oxygens (including phenoxy) is 1. The Morgan fingerprint density at radius 3 is 2.43 bits per heavy atom. The summed E-state index contributed by atoms with van der Waals surface area (Å²) in [5, 5.41) is 8.61. The second-order valence-corrected chi connectivity index (χ2v) is 7.07. The average molecular weight is 436 g/mol. The third-order valence-corrected chi connectivity index (χ3v) is 5.15. The number of hydrogen-bond donors (Lipinski definition) is 1. The molecule has 0 aromatic carbocycles. The molecular formula is C17H20F4N4O5. The zero-order valence-corrected chi connectivity index (χ0v) is 15.8. The number of nitrogens with zero attached hydrogens (tertiary/aromatic N) is 4.